The molecule has 1 rings (SSSR count). The van der Waals surface area contributed by atoms with Gasteiger partial charge in [0.05, 0.1) is 18.8 Å². The van der Waals surface area contributed by atoms with Crippen molar-refractivity contribution in [3.05, 3.63) is 11.9 Å². The lowest BCUT2D eigenvalue weighted by molar-refractivity contribution is 0.101. The van der Waals surface area contributed by atoms with Crippen LogP contribution in [0.2, 0.25) is 0 Å². The summed E-state index contributed by atoms with van der Waals surface area (Å²) in [5.41, 5.74) is 0.821. The van der Waals surface area contributed by atoms with Crippen molar-refractivity contribution in [2.45, 2.75) is 26.8 Å². The molecule has 0 aliphatic rings. The van der Waals surface area contributed by atoms with E-state index in [0.29, 0.717) is 25.5 Å². The Morgan fingerprint density at radius 3 is 3.00 bits per heavy atom. The first-order valence-corrected chi connectivity index (χ1v) is 5.30. The van der Waals surface area contributed by atoms with Crippen LogP contribution in [0.1, 0.15) is 19.5 Å². The van der Waals surface area contributed by atoms with Gasteiger partial charge in [0.1, 0.15) is 0 Å². The highest BCUT2D eigenvalue weighted by molar-refractivity contribution is 4.91. The molecule has 1 aromatic rings. The van der Waals surface area contributed by atoms with Gasteiger partial charge in [-0.1, -0.05) is 19.1 Å². The number of aliphatic hydroxyl groups excluding tert-OH is 1. The Morgan fingerprint density at radius 2 is 2.33 bits per heavy atom. The molecule has 0 aromatic carbocycles. The highest BCUT2D eigenvalue weighted by Crippen LogP contribution is 1.95. The summed E-state index contributed by atoms with van der Waals surface area (Å²) in [6.07, 6.45) is 2.40. The maximum Gasteiger partial charge on any atom is 0.0849 e. The van der Waals surface area contributed by atoms with Crippen LogP contribution < -0.4 is 0 Å². The first-order chi connectivity index (χ1) is 7.22. The molecule has 0 unspecified atom stereocenters. The van der Waals surface area contributed by atoms with Crippen molar-refractivity contribution in [3.63, 3.8) is 0 Å². The molecule has 0 saturated carbocycles. The van der Waals surface area contributed by atoms with E-state index in [2.05, 4.69) is 24.2 Å². The Labute approximate surface area is 90.1 Å². The molecule has 0 atom stereocenters. The van der Waals surface area contributed by atoms with E-state index >= 15 is 0 Å². The van der Waals surface area contributed by atoms with Gasteiger partial charge in [0, 0.05) is 25.8 Å². The number of aliphatic hydroxyl groups is 1. The highest BCUT2D eigenvalue weighted by Gasteiger charge is 2.00. The van der Waals surface area contributed by atoms with Crippen molar-refractivity contribution >= 4 is 0 Å². The first kappa shape index (κ1) is 12.1. The van der Waals surface area contributed by atoms with Crippen LogP contribution in [0.5, 0.6) is 0 Å². The molecule has 1 heterocycles. The zero-order chi connectivity index (χ0) is 11.1. The SMILES string of the molecule is CC(C)COCCn1cc(CCO)nn1. The molecule has 15 heavy (non-hydrogen) atoms. The van der Waals surface area contributed by atoms with E-state index in [1.54, 1.807) is 4.68 Å². The van der Waals surface area contributed by atoms with Crippen LogP contribution in [0, 0.1) is 5.92 Å². The van der Waals surface area contributed by atoms with E-state index in [9.17, 15) is 0 Å². The van der Waals surface area contributed by atoms with Crippen LogP contribution >= 0.6 is 0 Å². The second-order valence-electron chi connectivity index (χ2n) is 3.92. The van der Waals surface area contributed by atoms with Crippen molar-refractivity contribution in [3.8, 4) is 0 Å². The van der Waals surface area contributed by atoms with Gasteiger partial charge in [-0.25, -0.2) is 4.68 Å². The van der Waals surface area contributed by atoms with Crippen molar-refractivity contribution in [1.82, 2.24) is 15.0 Å². The zero-order valence-corrected chi connectivity index (χ0v) is 9.39. The van der Waals surface area contributed by atoms with Crippen LogP contribution in [-0.2, 0) is 17.7 Å². The van der Waals surface area contributed by atoms with Crippen molar-refractivity contribution in [1.29, 1.82) is 0 Å². The number of hydrogen-bond donors (Lipinski definition) is 1. The average Bonchev–Trinajstić information content (AvgIpc) is 2.61. The van der Waals surface area contributed by atoms with Crippen LogP contribution in [0.15, 0.2) is 6.20 Å². The molecule has 0 aliphatic heterocycles. The molecule has 0 amide bonds. The van der Waals surface area contributed by atoms with E-state index in [0.717, 1.165) is 12.3 Å². The van der Waals surface area contributed by atoms with Crippen molar-refractivity contribution in [2.75, 3.05) is 19.8 Å². The van der Waals surface area contributed by atoms with E-state index in [-0.39, 0.29) is 6.61 Å². The van der Waals surface area contributed by atoms with Gasteiger partial charge in [-0.05, 0) is 5.92 Å². The molecular formula is C10H19N3O2. The van der Waals surface area contributed by atoms with Gasteiger partial charge in [-0.2, -0.15) is 0 Å². The summed E-state index contributed by atoms with van der Waals surface area (Å²) in [6, 6.07) is 0. The van der Waals surface area contributed by atoms with E-state index in [4.69, 9.17) is 9.84 Å². The van der Waals surface area contributed by atoms with Crippen molar-refractivity contribution < 1.29 is 9.84 Å². The normalized spacial score (nSPS) is 11.2. The van der Waals surface area contributed by atoms with Crippen molar-refractivity contribution in [2.24, 2.45) is 5.92 Å². The third-order valence-electron chi connectivity index (χ3n) is 1.87. The summed E-state index contributed by atoms with van der Waals surface area (Å²) in [5, 5.41) is 16.5. The maximum atomic E-state index is 8.70. The van der Waals surface area contributed by atoms with E-state index in [1.165, 1.54) is 0 Å². The number of ether oxygens (including phenoxy) is 1. The molecule has 1 N–H and O–H groups in total. The predicted octanol–water partition coefficient (Wildman–Crippen LogP) is 0.485. The quantitative estimate of drug-likeness (QED) is 0.669. The lowest BCUT2D eigenvalue weighted by Crippen LogP contribution is -2.09. The van der Waals surface area contributed by atoms with Gasteiger partial charge in [0.25, 0.3) is 0 Å². The molecule has 0 saturated heterocycles. The number of hydrogen-bond acceptors (Lipinski definition) is 4. The van der Waals surface area contributed by atoms with Crippen LogP contribution in [-0.4, -0.2) is 39.9 Å². The topological polar surface area (TPSA) is 60.2 Å². The lowest BCUT2D eigenvalue weighted by Gasteiger charge is -2.05. The third-order valence-corrected chi connectivity index (χ3v) is 1.87. The number of rotatable bonds is 7. The molecule has 5 nitrogen and oxygen atoms in total. The zero-order valence-electron chi connectivity index (χ0n) is 9.39. The second-order valence-corrected chi connectivity index (χ2v) is 3.92. The number of aromatic nitrogens is 3. The van der Waals surface area contributed by atoms with Gasteiger partial charge in [0.15, 0.2) is 0 Å². The summed E-state index contributed by atoms with van der Waals surface area (Å²) in [6.45, 7) is 6.50. The second kappa shape index (κ2) is 6.53. The minimum Gasteiger partial charge on any atom is -0.396 e. The molecule has 1 aromatic heterocycles. The Kier molecular flexibility index (Phi) is 5.28. The molecular weight excluding hydrogens is 194 g/mol. The highest BCUT2D eigenvalue weighted by atomic mass is 16.5. The fraction of sp³-hybridized carbons (Fsp3) is 0.800. The van der Waals surface area contributed by atoms with Gasteiger partial charge in [0.2, 0.25) is 0 Å². The number of nitrogens with zero attached hydrogens (tertiary/aromatic N) is 3. The van der Waals surface area contributed by atoms with Crippen LogP contribution in [0.3, 0.4) is 0 Å². The fourth-order valence-corrected chi connectivity index (χ4v) is 1.15. The van der Waals surface area contributed by atoms with Gasteiger partial charge < -0.3 is 9.84 Å². The minimum atomic E-state index is 0.114. The summed E-state index contributed by atoms with van der Waals surface area (Å²) in [5.74, 6) is 0.561. The largest absolute Gasteiger partial charge is 0.396 e. The average molecular weight is 213 g/mol. The fourth-order valence-electron chi connectivity index (χ4n) is 1.15. The maximum absolute atomic E-state index is 8.70. The van der Waals surface area contributed by atoms with Gasteiger partial charge in [-0.15, -0.1) is 5.10 Å². The summed E-state index contributed by atoms with van der Waals surface area (Å²) in [4.78, 5) is 0. The standard InChI is InChI=1S/C10H19N3O2/c1-9(2)8-15-6-4-13-7-10(3-5-14)11-12-13/h7,9,14H,3-6,8H2,1-2H3. The molecule has 0 aliphatic carbocycles. The Bertz CT molecular complexity index is 273. The first-order valence-electron chi connectivity index (χ1n) is 5.30. The Morgan fingerprint density at radius 1 is 1.53 bits per heavy atom. The third kappa shape index (κ3) is 4.90. The monoisotopic (exact) mass is 213 g/mol. The summed E-state index contributed by atoms with van der Waals surface area (Å²) >= 11 is 0. The molecule has 86 valence electrons. The Balaban J connectivity index is 2.19. The van der Waals surface area contributed by atoms with Crippen LogP contribution in [0.4, 0.5) is 0 Å². The predicted molar refractivity (Wildman–Crippen MR) is 56.5 cm³/mol. The molecule has 0 bridgehead atoms. The molecule has 0 fully saturated rings. The van der Waals surface area contributed by atoms with E-state index < -0.39 is 0 Å². The minimum absolute atomic E-state index is 0.114. The lowest BCUT2D eigenvalue weighted by atomic mass is 10.2. The summed E-state index contributed by atoms with van der Waals surface area (Å²) < 4.78 is 7.17. The smallest absolute Gasteiger partial charge is 0.0849 e. The van der Waals surface area contributed by atoms with Gasteiger partial charge >= 0.3 is 0 Å². The van der Waals surface area contributed by atoms with E-state index in [1.807, 2.05) is 6.20 Å². The molecule has 5 heteroatoms. The Hall–Kier alpha value is -0.940. The molecule has 0 radical (unpaired) electrons. The molecule has 0 spiro atoms. The summed E-state index contributed by atoms with van der Waals surface area (Å²) in [7, 11) is 0. The van der Waals surface area contributed by atoms with Crippen LogP contribution in [0.25, 0.3) is 0 Å². The van der Waals surface area contributed by atoms with Gasteiger partial charge in [-0.3, -0.25) is 0 Å².